The second-order valence-electron chi connectivity index (χ2n) is 2.82. The summed E-state index contributed by atoms with van der Waals surface area (Å²) in [5.74, 6) is -0.960. The Morgan fingerprint density at radius 2 is 2.27 bits per heavy atom. The van der Waals surface area contributed by atoms with Crippen LogP contribution in [0.3, 0.4) is 0 Å². The third-order valence-corrected chi connectivity index (χ3v) is 2.45. The highest BCUT2D eigenvalue weighted by Crippen LogP contribution is 2.19. The molecule has 0 aliphatic heterocycles. The number of aliphatic carboxylic acids is 1. The van der Waals surface area contributed by atoms with Gasteiger partial charge in [-0.1, -0.05) is 23.9 Å². The summed E-state index contributed by atoms with van der Waals surface area (Å²) >= 11 is 1.25. The van der Waals surface area contributed by atoms with E-state index in [1.807, 2.05) is 24.3 Å². The van der Waals surface area contributed by atoms with Gasteiger partial charge in [-0.15, -0.1) is 0 Å². The number of nitrogens with zero attached hydrogens (tertiary/aromatic N) is 1. The molecule has 0 spiro atoms. The van der Waals surface area contributed by atoms with Crippen LogP contribution in [0.2, 0.25) is 0 Å². The molecule has 0 saturated heterocycles. The predicted octanol–water partition coefficient (Wildman–Crippen LogP) is 2.25. The van der Waals surface area contributed by atoms with Crippen molar-refractivity contribution in [1.29, 1.82) is 0 Å². The lowest BCUT2D eigenvalue weighted by Gasteiger charge is -1.85. The summed E-state index contributed by atoms with van der Waals surface area (Å²) in [4.78, 5) is 17.6. The summed E-state index contributed by atoms with van der Waals surface area (Å²) < 4.78 is 0. The number of hydrogen-bond acceptors (Lipinski definition) is 3. The number of carboxylic acids is 1. The first-order valence-corrected chi connectivity index (χ1v) is 5.14. The molecule has 2 aromatic rings. The van der Waals surface area contributed by atoms with E-state index in [0.717, 1.165) is 17.1 Å². The number of rotatable bonds is 3. The number of benzene rings is 1. The van der Waals surface area contributed by atoms with Gasteiger partial charge in [0, 0.05) is 6.08 Å². The average molecular weight is 220 g/mol. The molecule has 0 saturated carbocycles. The Morgan fingerprint density at radius 3 is 3.00 bits per heavy atom. The smallest absolute Gasteiger partial charge is 0.328 e. The highest BCUT2D eigenvalue weighted by atomic mass is 32.2. The minimum Gasteiger partial charge on any atom is -0.478 e. The molecular weight excluding hydrogens is 212 g/mol. The van der Waals surface area contributed by atoms with Crippen molar-refractivity contribution in [2.75, 3.05) is 0 Å². The van der Waals surface area contributed by atoms with Gasteiger partial charge < -0.3 is 10.1 Å². The van der Waals surface area contributed by atoms with Crippen LogP contribution in [0.15, 0.2) is 40.9 Å². The van der Waals surface area contributed by atoms with Gasteiger partial charge in [0.1, 0.15) is 0 Å². The van der Waals surface area contributed by atoms with E-state index in [-0.39, 0.29) is 0 Å². The second kappa shape index (κ2) is 4.18. The molecule has 2 rings (SSSR count). The van der Waals surface area contributed by atoms with Crippen LogP contribution in [0.4, 0.5) is 0 Å². The molecule has 5 heteroatoms. The first-order chi connectivity index (χ1) is 7.25. The van der Waals surface area contributed by atoms with Crippen molar-refractivity contribution in [2.45, 2.75) is 5.16 Å². The zero-order valence-corrected chi connectivity index (χ0v) is 8.49. The van der Waals surface area contributed by atoms with Crippen LogP contribution in [-0.4, -0.2) is 21.0 Å². The first kappa shape index (κ1) is 9.79. The number of carbonyl (C=O) groups is 1. The fourth-order valence-electron chi connectivity index (χ4n) is 1.14. The van der Waals surface area contributed by atoms with Gasteiger partial charge in [0.05, 0.1) is 11.0 Å². The third-order valence-electron chi connectivity index (χ3n) is 1.76. The van der Waals surface area contributed by atoms with E-state index in [9.17, 15) is 4.79 Å². The number of para-hydroxylation sites is 2. The molecule has 2 N–H and O–H groups in total. The normalized spacial score (nSPS) is 11.2. The average Bonchev–Trinajstić information content (AvgIpc) is 2.59. The standard InChI is InChI=1S/C10H8N2O2S/c13-9(14)5-6-15-10-11-7-3-1-2-4-8(7)12-10/h1-6H,(H,11,12)(H,13,14)/b6-5+. The molecule has 0 aliphatic carbocycles. The first-order valence-electron chi connectivity index (χ1n) is 4.26. The van der Waals surface area contributed by atoms with E-state index < -0.39 is 5.97 Å². The lowest BCUT2D eigenvalue weighted by Crippen LogP contribution is -1.84. The maximum Gasteiger partial charge on any atom is 0.328 e. The van der Waals surface area contributed by atoms with E-state index in [0.29, 0.717) is 5.16 Å². The van der Waals surface area contributed by atoms with Gasteiger partial charge in [-0.2, -0.15) is 0 Å². The lowest BCUT2D eigenvalue weighted by molar-refractivity contribution is -0.131. The molecule has 0 fully saturated rings. The second-order valence-corrected chi connectivity index (χ2v) is 3.71. The van der Waals surface area contributed by atoms with Crippen molar-refractivity contribution >= 4 is 28.8 Å². The van der Waals surface area contributed by atoms with Gasteiger partial charge in [-0.3, -0.25) is 0 Å². The van der Waals surface area contributed by atoms with Crippen LogP contribution in [0.25, 0.3) is 11.0 Å². The third kappa shape index (κ3) is 2.38. The highest BCUT2D eigenvalue weighted by molar-refractivity contribution is 8.02. The van der Waals surface area contributed by atoms with Crippen LogP contribution in [0.1, 0.15) is 0 Å². The Morgan fingerprint density at radius 1 is 1.47 bits per heavy atom. The van der Waals surface area contributed by atoms with Crippen molar-refractivity contribution in [3.05, 3.63) is 35.7 Å². The van der Waals surface area contributed by atoms with Gasteiger partial charge in [0.15, 0.2) is 5.16 Å². The van der Waals surface area contributed by atoms with E-state index in [2.05, 4.69) is 9.97 Å². The summed E-state index contributed by atoms with van der Waals surface area (Å²) in [7, 11) is 0. The van der Waals surface area contributed by atoms with Crippen molar-refractivity contribution in [2.24, 2.45) is 0 Å². The van der Waals surface area contributed by atoms with Crippen molar-refractivity contribution in [3.63, 3.8) is 0 Å². The fraction of sp³-hybridized carbons (Fsp3) is 0. The van der Waals surface area contributed by atoms with Crippen LogP contribution in [-0.2, 0) is 4.79 Å². The zero-order chi connectivity index (χ0) is 10.7. The molecule has 1 aromatic heterocycles. The molecule has 0 bridgehead atoms. The van der Waals surface area contributed by atoms with Crippen LogP contribution < -0.4 is 0 Å². The monoisotopic (exact) mass is 220 g/mol. The molecule has 76 valence electrons. The zero-order valence-electron chi connectivity index (χ0n) is 7.68. The SMILES string of the molecule is O=C(O)/C=C/Sc1nc2ccccc2[nH]1. The van der Waals surface area contributed by atoms with Crippen molar-refractivity contribution in [3.8, 4) is 0 Å². The molecule has 4 nitrogen and oxygen atoms in total. The summed E-state index contributed by atoms with van der Waals surface area (Å²) in [5.41, 5.74) is 1.83. The molecule has 0 amide bonds. The molecule has 15 heavy (non-hydrogen) atoms. The highest BCUT2D eigenvalue weighted by Gasteiger charge is 2.00. The topological polar surface area (TPSA) is 66.0 Å². The number of aromatic nitrogens is 2. The predicted molar refractivity (Wildman–Crippen MR) is 58.7 cm³/mol. The Labute approximate surface area is 90.0 Å². The van der Waals surface area contributed by atoms with Crippen LogP contribution >= 0.6 is 11.8 Å². The van der Waals surface area contributed by atoms with E-state index in [1.165, 1.54) is 17.2 Å². The van der Waals surface area contributed by atoms with Gasteiger partial charge in [0.25, 0.3) is 0 Å². The number of aromatic amines is 1. The Kier molecular flexibility index (Phi) is 2.73. The lowest BCUT2D eigenvalue weighted by atomic mass is 10.3. The fourth-order valence-corrected chi connectivity index (χ4v) is 1.78. The number of hydrogen-bond donors (Lipinski definition) is 2. The van der Waals surface area contributed by atoms with E-state index >= 15 is 0 Å². The molecular formula is C10H8N2O2S. The summed E-state index contributed by atoms with van der Waals surface area (Å²) in [5, 5.41) is 10.6. The quantitative estimate of drug-likeness (QED) is 0.615. The summed E-state index contributed by atoms with van der Waals surface area (Å²) in [6.07, 6.45) is 1.08. The Balaban J connectivity index is 2.19. The summed E-state index contributed by atoms with van der Waals surface area (Å²) in [6.45, 7) is 0. The Bertz CT molecular complexity index is 486. The van der Waals surface area contributed by atoms with Crippen LogP contribution in [0.5, 0.6) is 0 Å². The molecule has 1 aromatic carbocycles. The number of nitrogens with one attached hydrogen (secondary N) is 1. The number of thioether (sulfide) groups is 1. The maximum atomic E-state index is 10.2. The summed E-state index contributed by atoms with van der Waals surface area (Å²) in [6, 6.07) is 7.65. The molecule has 0 aliphatic rings. The molecule has 0 unspecified atom stereocenters. The number of carboxylic acid groups (broad SMARTS) is 1. The number of fused-ring (bicyclic) bond motifs is 1. The van der Waals surface area contributed by atoms with Gasteiger partial charge in [-0.25, -0.2) is 9.78 Å². The van der Waals surface area contributed by atoms with Crippen LogP contribution in [0, 0.1) is 0 Å². The Hall–Kier alpha value is -1.75. The minimum atomic E-state index is -0.960. The van der Waals surface area contributed by atoms with Gasteiger partial charge in [-0.05, 0) is 17.5 Å². The largest absolute Gasteiger partial charge is 0.478 e. The maximum absolute atomic E-state index is 10.2. The van der Waals surface area contributed by atoms with E-state index in [4.69, 9.17) is 5.11 Å². The van der Waals surface area contributed by atoms with E-state index in [1.54, 1.807) is 0 Å². The molecule has 1 heterocycles. The molecule has 0 radical (unpaired) electrons. The minimum absolute atomic E-state index is 0.689. The van der Waals surface area contributed by atoms with Crippen molar-refractivity contribution in [1.82, 2.24) is 9.97 Å². The van der Waals surface area contributed by atoms with Gasteiger partial charge >= 0.3 is 5.97 Å². The van der Waals surface area contributed by atoms with Gasteiger partial charge in [0.2, 0.25) is 0 Å². The molecule has 0 atom stereocenters. The van der Waals surface area contributed by atoms with Crippen molar-refractivity contribution < 1.29 is 9.90 Å². The number of imidazole rings is 1. The number of H-pyrrole nitrogens is 1.